The van der Waals surface area contributed by atoms with Gasteiger partial charge >= 0.3 is 5.97 Å². The summed E-state index contributed by atoms with van der Waals surface area (Å²) in [5.74, 6) is -0.895. The van der Waals surface area contributed by atoms with E-state index in [4.69, 9.17) is 15.6 Å². The summed E-state index contributed by atoms with van der Waals surface area (Å²) in [6, 6.07) is 0. The molecule has 0 amide bonds. The van der Waals surface area contributed by atoms with Crippen LogP contribution in [0.15, 0.2) is 0 Å². The van der Waals surface area contributed by atoms with Gasteiger partial charge in [0, 0.05) is 13.1 Å². The topological polar surface area (TPSA) is 75.8 Å². The van der Waals surface area contributed by atoms with Gasteiger partial charge in [-0.25, -0.2) is 0 Å². The first-order chi connectivity index (χ1) is 8.37. The summed E-state index contributed by atoms with van der Waals surface area (Å²) in [4.78, 5) is 13.4. The average molecular weight is 258 g/mol. The minimum atomic E-state index is -1.07. The molecule has 3 N–H and O–H groups in total. The Morgan fingerprint density at radius 1 is 1.44 bits per heavy atom. The fourth-order valence-corrected chi connectivity index (χ4v) is 2.52. The molecule has 0 aromatic heterocycles. The van der Waals surface area contributed by atoms with Crippen molar-refractivity contribution >= 4 is 5.97 Å². The second-order valence-electron chi connectivity index (χ2n) is 5.44. The van der Waals surface area contributed by atoms with Gasteiger partial charge in [-0.1, -0.05) is 6.92 Å². The van der Waals surface area contributed by atoms with Crippen LogP contribution in [0.3, 0.4) is 0 Å². The molecule has 5 heteroatoms. The first kappa shape index (κ1) is 15.4. The van der Waals surface area contributed by atoms with Crippen LogP contribution in [0, 0.1) is 0 Å². The van der Waals surface area contributed by atoms with Gasteiger partial charge in [0.2, 0.25) is 0 Å². The van der Waals surface area contributed by atoms with E-state index in [1.165, 1.54) is 0 Å². The molecule has 0 aromatic carbocycles. The highest BCUT2D eigenvalue weighted by Crippen LogP contribution is 2.17. The van der Waals surface area contributed by atoms with Crippen molar-refractivity contribution in [1.29, 1.82) is 0 Å². The number of morpholine rings is 1. The van der Waals surface area contributed by atoms with Crippen LogP contribution in [-0.2, 0) is 9.53 Å². The monoisotopic (exact) mass is 258 g/mol. The lowest BCUT2D eigenvalue weighted by Crippen LogP contribution is -2.49. The molecule has 3 atom stereocenters. The number of nitrogens with zero attached hydrogens (tertiary/aromatic N) is 1. The molecule has 1 aliphatic heterocycles. The third-order valence-corrected chi connectivity index (χ3v) is 3.65. The highest BCUT2D eigenvalue weighted by molar-refractivity contribution is 5.78. The summed E-state index contributed by atoms with van der Waals surface area (Å²) >= 11 is 0. The number of hydrogen-bond acceptors (Lipinski definition) is 4. The molecule has 5 nitrogen and oxygen atoms in total. The maximum absolute atomic E-state index is 11.1. The zero-order valence-corrected chi connectivity index (χ0v) is 11.7. The molecule has 0 aromatic rings. The SMILES string of the molecule is CCC(N)(CCCN1CC(C)OC(C)C1)C(=O)O. The zero-order valence-electron chi connectivity index (χ0n) is 11.7. The molecule has 0 radical (unpaired) electrons. The first-order valence-corrected chi connectivity index (χ1v) is 6.77. The van der Waals surface area contributed by atoms with Crippen LogP contribution >= 0.6 is 0 Å². The molecule has 1 rings (SSSR count). The molecule has 0 saturated carbocycles. The average Bonchev–Trinajstić information content (AvgIpc) is 2.27. The van der Waals surface area contributed by atoms with E-state index in [1.54, 1.807) is 0 Å². The van der Waals surface area contributed by atoms with Crippen LogP contribution < -0.4 is 5.73 Å². The Hall–Kier alpha value is -0.650. The molecule has 0 aliphatic carbocycles. The summed E-state index contributed by atoms with van der Waals surface area (Å²) in [6.45, 7) is 8.69. The number of hydrogen-bond donors (Lipinski definition) is 2. The largest absolute Gasteiger partial charge is 0.480 e. The summed E-state index contributed by atoms with van der Waals surface area (Å²) in [5, 5.41) is 9.09. The van der Waals surface area contributed by atoms with Gasteiger partial charge in [-0.15, -0.1) is 0 Å². The summed E-state index contributed by atoms with van der Waals surface area (Å²) < 4.78 is 5.66. The molecular formula is C13H26N2O3. The third-order valence-electron chi connectivity index (χ3n) is 3.65. The predicted molar refractivity (Wildman–Crippen MR) is 70.5 cm³/mol. The van der Waals surface area contributed by atoms with Crippen molar-refractivity contribution in [2.45, 2.75) is 57.8 Å². The van der Waals surface area contributed by atoms with Crippen molar-refractivity contribution in [3.05, 3.63) is 0 Å². The molecule has 0 bridgehead atoms. The van der Waals surface area contributed by atoms with Crippen LogP contribution in [0.5, 0.6) is 0 Å². The van der Waals surface area contributed by atoms with E-state index in [0.29, 0.717) is 12.8 Å². The fourth-order valence-electron chi connectivity index (χ4n) is 2.52. The Kier molecular flexibility index (Phi) is 5.56. The molecule has 3 unspecified atom stereocenters. The predicted octanol–water partition coefficient (Wildman–Crippen LogP) is 1.07. The molecule has 1 saturated heterocycles. The molecule has 1 fully saturated rings. The summed E-state index contributed by atoms with van der Waals surface area (Å²) in [7, 11) is 0. The Balaban J connectivity index is 2.35. The molecule has 106 valence electrons. The molecule has 18 heavy (non-hydrogen) atoms. The summed E-state index contributed by atoms with van der Waals surface area (Å²) in [6.07, 6.45) is 2.32. The van der Waals surface area contributed by atoms with E-state index >= 15 is 0 Å². The van der Waals surface area contributed by atoms with Crippen LogP contribution in [0.2, 0.25) is 0 Å². The lowest BCUT2D eigenvalue weighted by molar-refractivity contribution is -0.143. The maximum Gasteiger partial charge on any atom is 0.323 e. The van der Waals surface area contributed by atoms with Gasteiger partial charge in [-0.3, -0.25) is 9.69 Å². The summed E-state index contributed by atoms with van der Waals surface area (Å²) in [5.41, 5.74) is 4.80. The number of carbonyl (C=O) groups is 1. The number of ether oxygens (including phenoxy) is 1. The van der Waals surface area contributed by atoms with Gasteiger partial charge in [0.25, 0.3) is 0 Å². The Bertz CT molecular complexity index is 275. The lowest BCUT2D eigenvalue weighted by Gasteiger charge is -2.35. The van der Waals surface area contributed by atoms with Crippen molar-refractivity contribution in [3.63, 3.8) is 0 Å². The normalized spacial score (nSPS) is 28.9. The Morgan fingerprint density at radius 2 is 2.00 bits per heavy atom. The van der Waals surface area contributed by atoms with E-state index in [1.807, 2.05) is 6.92 Å². The van der Waals surface area contributed by atoms with E-state index in [-0.39, 0.29) is 12.2 Å². The van der Waals surface area contributed by atoms with Crippen molar-refractivity contribution in [2.24, 2.45) is 5.73 Å². The van der Waals surface area contributed by atoms with Crippen molar-refractivity contribution in [1.82, 2.24) is 4.90 Å². The van der Waals surface area contributed by atoms with Gasteiger partial charge in [0.1, 0.15) is 5.54 Å². The smallest absolute Gasteiger partial charge is 0.323 e. The van der Waals surface area contributed by atoms with Crippen LogP contribution in [0.25, 0.3) is 0 Å². The zero-order chi connectivity index (χ0) is 13.8. The van der Waals surface area contributed by atoms with Crippen LogP contribution in [0.1, 0.15) is 40.0 Å². The lowest BCUT2D eigenvalue weighted by atomic mass is 9.91. The van der Waals surface area contributed by atoms with E-state index in [9.17, 15) is 4.79 Å². The van der Waals surface area contributed by atoms with E-state index < -0.39 is 11.5 Å². The second kappa shape index (κ2) is 6.50. The maximum atomic E-state index is 11.1. The minimum absolute atomic E-state index is 0.252. The first-order valence-electron chi connectivity index (χ1n) is 6.77. The van der Waals surface area contributed by atoms with Crippen molar-refractivity contribution < 1.29 is 14.6 Å². The number of carboxylic acids is 1. The number of carboxylic acid groups (broad SMARTS) is 1. The molecule has 1 heterocycles. The molecular weight excluding hydrogens is 232 g/mol. The number of rotatable bonds is 6. The van der Waals surface area contributed by atoms with Crippen LogP contribution in [0.4, 0.5) is 0 Å². The van der Waals surface area contributed by atoms with Gasteiger partial charge < -0.3 is 15.6 Å². The van der Waals surface area contributed by atoms with Gasteiger partial charge in [-0.2, -0.15) is 0 Å². The highest BCUT2D eigenvalue weighted by atomic mass is 16.5. The molecule has 1 aliphatic rings. The minimum Gasteiger partial charge on any atom is -0.480 e. The third kappa shape index (κ3) is 4.23. The van der Waals surface area contributed by atoms with E-state index in [0.717, 1.165) is 26.1 Å². The number of aliphatic carboxylic acids is 1. The van der Waals surface area contributed by atoms with Gasteiger partial charge in [0.15, 0.2) is 0 Å². The van der Waals surface area contributed by atoms with Gasteiger partial charge in [0.05, 0.1) is 12.2 Å². The van der Waals surface area contributed by atoms with Crippen molar-refractivity contribution in [3.8, 4) is 0 Å². The molecule has 0 spiro atoms. The van der Waals surface area contributed by atoms with Crippen LogP contribution in [-0.4, -0.2) is 53.4 Å². The standard InChI is InChI=1S/C13H26N2O3/c1-4-13(14,12(16)17)6-5-7-15-8-10(2)18-11(3)9-15/h10-11H,4-9,14H2,1-3H3,(H,16,17). The number of nitrogens with two attached hydrogens (primary N) is 1. The fraction of sp³-hybridized carbons (Fsp3) is 0.923. The van der Waals surface area contributed by atoms with E-state index in [2.05, 4.69) is 18.7 Å². The Morgan fingerprint density at radius 3 is 2.44 bits per heavy atom. The second-order valence-corrected chi connectivity index (χ2v) is 5.44. The Labute approximate surface area is 109 Å². The van der Waals surface area contributed by atoms with Crippen molar-refractivity contribution in [2.75, 3.05) is 19.6 Å². The van der Waals surface area contributed by atoms with Gasteiger partial charge in [-0.05, 0) is 39.7 Å². The highest BCUT2D eigenvalue weighted by Gasteiger charge is 2.31. The quantitative estimate of drug-likeness (QED) is 0.745.